The van der Waals surface area contributed by atoms with E-state index in [1.165, 1.54) is 0 Å². The molecule has 1 heterocycles. The number of hydrogen-bond acceptors (Lipinski definition) is 8. The van der Waals surface area contributed by atoms with E-state index in [1.807, 2.05) is 62.4 Å². The van der Waals surface area contributed by atoms with Crippen LogP contribution in [-0.4, -0.2) is 46.2 Å². The van der Waals surface area contributed by atoms with Gasteiger partial charge in [-0.1, -0.05) is 49.8 Å². The number of carbonyl (C=O) groups is 2. The number of nitrogens with two attached hydrogens (primary N) is 1. The average molecular weight is 600 g/mol. The van der Waals surface area contributed by atoms with Crippen LogP contribution in [0.4, 0.5) is 5.69 Å². The highest BCUT2D eigenvalue weighted by atomic mass is 16.7. The molecular weight excluding hydrogens is 558 g/mol. The summed E-state index contributed by atoms with van der Waals surface area (Å²) in [5, 5.41) is 22.2. The number of carbonyl (C=O) groups excluding carboxylic acids is 2. The van der Waals surface area contributed by atoms with Gasteiger partial charge in [0, 0.05) is 33.6 Å². The minimum Gasteiger partial charge on any atom is -0.489 e. The second-order valence-electron chi connectivity index (χ2n) is 13.8. The lowest BCUT2D eigenvalue weighted by atomic mass is 9.46. The third-order valence-corrected chi connectivity index (χ3v) is 11.7. The van der Waals surface area contributed by atoms with Crippen LogP contribution < -0.4 is 10.5 Å². The first kappa shape index (κ1) is 29.4. The molecule has 7 rings (SSSR count). The van der Waals surface area contributed by atoms with Gasteiger partial charge in [-0.3, -0.25) is 9.59 Å². The largest absolute Gasteiger partial charge is 0.489 e. The molecule has 4 N–H and O–H groups in total. The van der Waals surface area contributed by atoms with Crippen LogP contribution in [0.1, 0.15) is 62.5 Å². The van der Waals surface area contributed by atoms with Gasteiger partial charge in [0.05, 0.1) is 12.2 Å². The number of aryl methyl sites for hydroxylation is 1. The Labute approximate surface area is 257 Å². The molecule has 8 nitrogen and oxygen atoms in total. The number of para-hydroxylation sites is 1. The van der Waals surface area contributed by atoms with Gasteiger partial charge in [-0.05, 0) is 80.4 Å². The number of benzene rings is 2. The van der Waals surface area contributed by atoms with E-state index in [4.69, 9.17) is 19.9 Å². The smallest absolute Gasteiger partial charge is 0.193 e. The van der Waals surface area contributed by atoms with Crippen molar-refractivity contribution in [2.75, 3.05) is 12.3 Å². The maximum Gasteiger partial charge on any atom is 0.193 e. The van der Waals surface area contributed by atoms with Crippen molar-refractivity contribution in [1.82, 2.24) is 0 Å². The Morgan fingerprint density at radius 3 is 2.75 bits per heavy atom. The number of hydrogen-bond donors (Lipinski definition) is 3. The fourth-order valence-electron chi connectivity index (χ4n) is 9.61. The number of ketones is 2. The summed E-state index contributed by atoms with van der Waals surface area (Å²) in [6.45, 7) is 5.76. The second-order valence-corrected chi connectivity index (χ2v) is 13.8. The zero-order chi connectivity index (χ0) is 31.0. The quantitative estimate of drug-likeness (QED) is 0.406. The van der Waals surface area contributed by atoms with Gasteiger partial charge in [0.15, 0.2) is 23.5 Å². The summed E-state index contributed by atoms with van der Waals surface area (Å²) in [6.07, 6.45) is 5.72. The van der Waals surface area contributed by atoms with Crippen molar-refractivity contribution in [1.29, 1.82) is 0 Å². The monoisotopic (exact) mass is 599 g/mol. The molecule has 2 aromatic carbocycles. The van der Waals surface area contributed by atoms with Gasteiger partial charge in [-0.25, -0.2) is 0 Å². The first-order chi connectivity index (χ1) is 21.0. The molecular formula is C36H41NO7. The van der Waals surface area contributed by atoms with E-state index >= 15 is 0 Å². The molecule has 2 aromatic rings. The molecule has 0 amide bonds. The number of aliphatic hydroxyl groups excluding tert-OH is 2. The normalized spacial score (nSPS) is 38.8. The number of Topliss-reactive ketones (excluding diaryl/α,β-unsaturated/α-hetero) is 1. The molecule has 0 unspecified atom stereocenters. The second kappa shape index (κ2) is 10.4. The topological polar surface area (TPSA) is 128 Å². The molecule has 0 spiro atoms. The van der Waals surface area contributed by atoms with Gasteiger partial charge in [-0.2, -0.15) is 0 Å². The lowest BCUT2D eigenvalue weighted by molar-refractivity contribution is -0.201. The third-order valence-electron chi connectivity index (χ3n) is 11.7. The average Bonchev–Trinajstić information content (AvgIpc) is 3.50. The predicted molar refractivity (Wildman–Crippen MR) is 163 cm³/mol. The van der Waals surface area contributed by atoms with Crippen LogP contribution in [0.5, 0.6) is 5.75 Å². The molecule has 5 aliphatic rings. The Morgan fingerprint density at radius 2 is 1.98 bits per heavy atom. The number of fused-ring (bicyclic) bond motifs is 7. The van der Waals surface area contributed by atoms with Crippen LogP contribution in [0.25, 0.3) is 0 Å². The summed E-state index contributed by atoms with van der Waals surface area (Å²) < 4.78 is 19.5. The molecule has 1 saturated heterocycles. The van der Waals surface area contributed by atoms with E-state index in [-0.39, 0.29) is 23.5 Å². The Kier molecular flexibility index (Phi) is 6.94. The minimum atomic E-state index is -1.40. The number of anilines is 1. The predicted octanol–water partition coefficient (Wildman–Crippen LogP) is 4.76. The fourth-order valence-corrected chi connectivity index (χ4v) is 9.61. The van der Waals surface area contributed by atoms with E-state index in [0.717, 1.165) is 35.1 Å². The molecule has 3 saturated carbocycles. The van der Waals surface area contributed by atoms with E-state index < -0.39 is 47.3 Å². The van der Waals surface area contributed by atoms with Gasteiger partial charge in [-0.15, -0.1) is 0 Å². The Morgan fingerprint density at radius 1 is 1.18 bits per heavy atom. The first-order valence-corrected chi connectivity index (χ1v) is 15.7. The van der Waals surface area contributed by atoms with Crippen molar-refractivity contribution in [3.8, 4) is 5.75 Å². The van der Waals surface area contributed by atoms with Gasteiger partial charge < -0.3 is 30.2 Å². The number of nitrogen functional groups attached to an aromatic ring is 1. The summed E-state index contributed by atoms with van der Waals surface area (Å²) in [5.41, 5.74) is 7.82. The molecule has 0 aromatic heterocycles. The van der Waals surface area contributed by atoms with Crippen LogP contribution in [0, 0.1) is 35.5 Å². The maximum absolute atomic E-state index is 13.9. The molecule has 0 radical (unpaired) electrons. The van der Waals surface area contributed by atoms with Crippen molar-refractivity contribution >= 4 is 17.3 Å². The van der Waals surface area contributed by atoms with Crippen molar-refractivity contribution in [2.24, 2.45) is 28.6 Å². The van der Waals surface area contributed by atoms with Crippen molar-refractivity contribution in [3.05, 3.63) is 83.0 Å². The zero-order valence-corrected chi connectivity index (χ0v) is 25.5. The third kappa shape index (κ3) is 4.11. The highest BCUT2D eigenvalue weighted by Crippen LogP contribution is 2.70. The Hall–Kier alpha value is -3.30. The number of rotatable bonds is 6. The van der Waals surface area contributed by atoms with Gasteiger partial charge in [0.1, 0.15) is 19.0 Å². The Balaban J connectivity index is 1.20. The summed E-state index contributed by atoms with van der Waals surface area (Å²) in [4.78, 5) is 26.1. The minimum absolute atomic E-state index is 0.00393. The van der Waals surface area contributed by atoms with Crippen LogP contribution in [0.3, 0.4) is 0 Å². The van der Waals surface area contributed by atoms with E-state index in [0.29, 0.717) is 30.9 Å². The van der Waals surface area contributed by atoms with E-state index in [2.05, 4.69) is 6.92 Å². The molecule has 4 aliphatic carbocycles. The molecule has 44 heavy (non-hydrogen) atoms. The summed E-state index contributed by atoms with van der Waals surface area (Å²) in [5.74, 6) is 0.266. The lowest BCUT2D eigenvalue weighted by Gasteiger charge is -2.59. The zero-order valence-electron chi connectivity index (χ0n) is 25.5. The maximum atomic E-state index is 13.9. The fraction of sp³-hybridized carbons (Fsp3) is 0.500. The number of aliphatic hydroxyl groups is 2. The SMILES string of the molecule is Cc1ccc(OCc2ccccc2N)cc1[C@H]1O[C@@H]2C[C@H]3[C@@H]4CCC5=CC(=O)C=C[C@]5(C)[C@H]4[C@@H](O)C[C@]3(C)[C@]2(C(=O)CO)O1. The highest BCUT2D eigenvalue weighted by molar-refractivity contribution is 6.01. The first-order valence-electron chi connectivity index (χ1n) is 15.7. The van der Waals surface area contributed by atoms with Gasteiger partial charge >= 0.3 is 0 Å². The molecule has 0 bridgehead atoms. The molecule has 8 heteroatoms. The van der Waals surface area contributed by atoms with Crippen LogP contribution in [0.2, 0.25) is 0 Å². The standard InChI is InChI=1S/C36H41NO7/c1-20-8-10-24(42-19-21-6-4-5-7-28(21)37)15-26(20)33-43-31-16-27-25-11-9-22-14-23(39)12-13-34(22,2)32(25)29(40)17-35(27,3)36(31,44-33)30(41)18-38/h4-8,10,12-15,25,27,29,31-33,38,40H,9,11,16-19,37H2,1-3H3/t25-,27-,29-,31+,32+,33-,34-,35-,36+/m0/s1. The highest BCUT2D eigenvalue weighted by Gasteiger charge is 2.76. The summed E-state index contributed by atoms with van der Waals surface area (Å²) >= 11 is 0. The van der Waals surface area contributed by atoms with Crippen LogP contribution in [-0.2, 0) is 25.7 Å². The molecule has 232 valence electrons. The van der Waals surface area contributed by atoms with Crippen molar-refractivity contribution in [3.63, 3.8) is 0 Å². The van der Waals surface area contributed by atoms with Crippen LogP contribution >= 0.6 is 0 Å². The number of ether oxygens (including phenoxy) is 3. The van der Waals surface area contributed by atoms with Gasteiger partial charge in [0.25, 0.3) is 0 Å². The summed E-state index contributed by atoms with van der Waals surface area (Å²) in [6, 6.07) is 13.3. The van der Waals surface area contributed by atoms with Gasteiger partial charge in [0.2, 0.25) is 0 Å². The van der Waals surface area contributed by atoms with Crippen molar-refractivity contribution in [2.45, 2.75) is 77.2 Å². The van der Waals surface area contributed by atoms with E-state index in [9.17, 15) is 19.8 Å². The van der Waals surface area contributed by atoms with Crippen LogP contribution in [0.15, 0.2) is 66.3 Å². The number of allylic oxidation sites excluding steroid dienone is 4. The summed E-state index contributed by atoms with van der Waals surface area (Å²) in [7, 11) is 0. The lowest BCUT2D eigenvalue weighted by Crippen LogP contribution is -2.63. The molecule has 1 aliphatic heterocycles. The molecule has 4 fully saturated rings. The molecule has 9 atom stereocenters. The Bertz CT molecular complexity index is 1580. The van der Waals surface area contributed by atoms with Crippen molar-refractivity contribution < 1.29 is 34.0 Å². The van der Waals surface area contributed by atoms with E-state index in [1.54, 1.807) is 12.2 Å².